The third-order valence-electron chi connectivity index (χ3n) is 4.16. The van der Waals surface area contributed by atoms with Crippen LogP contribution < -0.4 is 5.32 Å². The van der Waals surface area contributed by atoms with Crippen molar-refractivity contribution < 1.29 is 14.3 Å². The van der Waals surface area contributed by atoms with Gasteiger partial charge in [-0.05, 0) is 50.1 Å². The van der Waals surface area contributed by atoms with Crippen molar-refractivity contribution in [1.82, 2.24) is 0 Å². The standard InChI is InChI=1S/C22H21NO3S/c1-14-9-10-15(2)18(13-14)23-21(24)20(17-7-5-4-6-8-17)26-22(25)19-12-11-16(3)27-19/h4-13,20H,1-3H3,(H,23,24)/t20-/m1/s1. The molecule has 138 valence electrons. The highest BCUT2D eigenvalue weighted by Crippen LogP contribution is 2.25. The predicted octanol–water partition coefficient (Wildman–Crippen LogP) is 5.21. The second kappa shape index (κ2) is 8.18. The maximum Gasteiger partial charge on any atom is 0.349 e. The van der Waals surface area contributed by atoms with E-state index in [0.717, 1.165) is 16.0 Å². The lowest BCUT2D eigenvalue weighted by molar-refractivity contribution is -0.125. The Morgan fingerprint density at radius 1 is 0.963 bits per heavy atom. The molecule has 0 bridgehead atoms. The van der Waals surface area contributed by atoms with E-state index in [1.165, 1.54) is 11.3 Å². The van der Waals surface area contributed by atoms with Crippen molar-refractivity contribution >= 4 is 28.9 Å². The molecule has 1 N–H and O–H groups in total. The maximum absolute atomic E-state index is 13.0. The smallest absolute Gasteiger partial charge is 0.349 e. The fourth-order valence-electron chi connectivity index (χ4n) is 2.68. The Bertz CT molecular complexity index is 963. The second-order valence-electron chi connectivity index (χ2n) is 6.41. The summed E-state index contributed by atoms with van der Waals surface area (Å²) in [6, 6.07) is 18.4. The van der Waals surface area contributed by atoms with Crippen LogP contribution in [0.1, 0.15) is 37.3 Å². The van der Waals surface area contributed by atoms with E-state index in [0.29, 0.717) is 16.1 Å². The van der Waals surface area contributed by atoms with E-state index in [1.54, 1.807) is 18.2 Å². The zero-order valence-corrected chi connectivity index (χ0v) is 16.3. The van der Waals surface area contributed by atoms with Crippen LogP contribution in [-0.4, -0.2) is 11.9 Å². The summed E-state index contributed by atoms with van der Waals surface area (Å²) >= 11 is 1.35. The number of hydrogen-bond acceptors (Lipinski definition) is 4. The van der Waals surface area contributed by atoms with E-state index in [1.807, 2.05) is 63.2 Å². The molecule has 1 atom stereocenters. The number of benzene rings is 2. The first-order valence-corrected chi connectivity index (χ1v) is 9.46. The van der Waals surface area contributed by atoms with Gasteiger partial charge >= 0.3 is 5.97 Å². The number of rotatable bonds is 5. The summed E-state index contributed by atoms with van der Waals surface area (Å²) in [6.45, 7) is 5.80. The highest BCUT2D eigenvalue weighted by atomic mass is 32.1. The Hall–Kier alpha value is -2.92. The lowest BCUT2D eigenvalue weighted by atomic mass is 10.1. The minimum absolute atomic E-state index is 0.378. The van der Waals surface area contributed by atoms with Crippen LogP contribution in [0.5, 0.6) is 0 Å². The molecule has 3 rings (SSSR count). The third kappa shape index (κ3) is 4.63. The number of aryl methyl sites for hydroxylation is 3. The van der Waals surface area contributed by atoms with Crippen molar-refractivity contribution in [3.05, 3.63) is 87.1 Å². The summed E-state index contributed by atoms with van der Waals surface area (Å²) in [5, 5.41) is 2.90. The van der Waals surface area contributed by atoms with Gasteiger partial charge in [0, 0.05) is 16.1 Å². The van der Waals surface area contributed by atoms with Crippen LogP contribution >= 0.6 is 11.3 Å². The zero-order valence-electron chi connectivity index (χ0n) is 15.5. The molecule has 4 nitrogen and oxygen atoms in total. The summed E-state index contributed by atoms with van der Waals surface area (Å²) in [4.78, 5) is 27.0. The van der Waals surface area contributed by atoms with Gasteiger partial charge in [-0.3, -0.25) is 4.79 Å². The molecule has 1 heterocycles. The van der Waals surface area contributed by atoms with Crippen LogP contribution in [0, 0.1) is 20.8 Å². The van der Waals surface area contributed by atoms with Crippen LogP contribution in [0.15, 0.2) is 60.7 Å². The Balaban J connectivity index is 1.86. The summed E-state index contributed by atoms with van der Waals surface area (Å²) in [5.74, 6) is -0.880. The van der Waals surface area contributed by atoms with E-state index in [9.17, 15) is 9.59 Å². The summed E-state index contributed by atoms with van der Waals surface area (Å²) in [7, 11) is 0. The summed E-state index contributed by atoms with van der Waals surface area (Å²) in [6.07, 6.45) is -1.03. The molecular formula is C22H21NO3S. The molecule has 5 heteroatoms. The van der Waals surface area contributed by atoms with Crippen molar-refractivity contribution in [3.63, 3.8) is 0 Å². The van der Waals surface area contributed by atoms with Gasteiger partial charge in [-0.2, -0.15) is 0 Å². The highest BCUT2D eigenvalue weighted by molar-refractivity contribution is 7.13. The molecule has 0 aliphatic heterocycles. The van der Waals surface area contributed by atoms with Crippen LogP contribution in [-0.2, 0) is 9.53 Å². The number of nitrogens with one attached hydrogen (secondary N) is 1. The van der Waals surface area contributed by atoms with Gasteiger partial charge in [0.1, 0.15) is 4.88 Å². The van der Waals surface area contributed by atoms with Gasteiger partial charge in [0.2, 0.25) is 6.10 Å². The number of thiophene rings is 1. The Morgan fingerprint density at radius 2 is 1.70 bits per heavy atom. The number of amides is 1. The van der Waals surface area contributed by atoms with Crippen molar-refractivity contribution in [3.8, 4) is 0 Å². The van der Waals surface area contributed by atoms with Gasteiger partial charge in [0.05, 0.1) is 0 Å². The van der Waals surface area contributed by atoms with Gasteiger partial charge in [-0.1, -0.05) is 42.5 Å². The normalized spacial score (nSPS) is 11.7. The molecule has 2 aromatic carbocycles. The summed E-state index contributed by atoms with van der Waals surface area (Å²) < 4.78 is 5.60. The molecule has 27 heavy (non-hydrogen) atoms. The van der Waals surface area contributed by atoms with E-state index in [2.05, 4.69) is 5.32 Å². The number of anilines is 1. The first-order valence-electron chi connectivity index (χ1n) is 8.64. The number of carbonyl (C=O) groups excluding carboxylic acids is 2. The van der Waals surface area contributed by atoms with E-state index in [4.69, 9.17) is 4.74 Å². The fourth-order valence-corrected chi connectivity index (χ4v) is 3.43. The van der Waals surface area contributed by atoms with Gasteiger partial charge < -0.3 is 10.1 Å². The van der Waals surface area contributed by atoms with Crippen LogP contribution in [0.2, 0.25) is 0 Å². The predicted molar refractivity (Wildman–Crippen MR) is 108 cm³/mol. The topological polar surface area (TPSA) is 55.4 Å². The lowest BCUT2D eigenvalue weighted by Crippen LogP contribution is -2.26. The molecular weight excluding hydrogens is 358 g/mol. The minimum atomic E-state index is -1.03. The van der Waals surface area contributed by atoms with Crippen molar-refractivity contribution in [1.29, 1.82) is 0 Å². The first-order chi connectivity index (χ1) is 12.9. The third-order valence-corrected chi connectivity index (χ3v) is 5.14. The second-order valence-corrected chi connectivity index (χ2v) is 7.70. The Labute approximate surface area is 162 Å². The molecule has 0 aliphatic rings. The van der Waals surface area contributed by atoms with Gasteiger partial charge in [0.25, 0.3) is 5.91 Å². The molecule has 0 aliphatic carbocycles. The largest absolute Gasteiger partial charge is 0.443 e. The molecule has 0 radical (unpaired) electrons. The van der Waals surface area contributed by atoms with Crippen LogP contribution in [0.3, 0.4) is 0 Å². The van der Waals surface area contributed by atoms with E-state index < -0.39 is 12.1 Å². The Kier molecular flexibility index (Phi) is 5.72. The van der Waals surface area contributed by atoms with Crippen LogP contribution in [0.4, 0.5) is 5.69 Å². The van der Waals surface area contributed by atoms with E-state index >= 15 is 0 Å². The monoisotopic (exact) mass is 379 g/mol. The first kappa shape index (κ1) is 18.9. The highest BCUT2D eigenvalue weighted by Gasteiger charge is 2.26. The lowest BCUT2D eigenvalue weighted by Gasteiger charge is -2.18. The Morgan fingerprint density at radius 3 is 2.37 bits per heavy atom. The van der Waals surface area contributed by atoms with Gasteiger partial charge in [-0.25, -0.2) is 4.79 Å². The average Bonchev–Trinajstić information content (AvgIpc) is 3.09. The maximum atomic E-state index is 13.0. The molecule has 0 fully saturated rings. The van der Waals surface area contributed by atoms with Crippen molar-refractivity contribution in [2.24, 2.45) is 0 Å². The molecule has 1 aromatic heterocycles. The zero-order chi connectivity index (χ0) is 19.4. The number of ether oxygens (including phenoxy) is 1. The summed E-state index contributed by atoms with van der Waals surface area (Å²) in [5.41, 5.74) is 3.32. The van der Waals surface area contributed by atoms with Crippen molar-refractivity contribution in [2.75, 3.05) is 5.32 Å². The van der Waals surface area contributed by atoms with Crippen LogP contribution in [0.25, 0.3) is 0 Å². The fraction of sp³-hybridized carbons (Fsp3) is 0.182. The molecule has 0 unspecified atom stereocenters. The molecule has 1 amide bonds. The molecule has 0 saturated carbocycles. The van der Waals surface area contributed by atoms with Gasteiger partial charge in [0.15, 0.2) is 0 Å². The average molecular weight is 379 g/mol. The molecule has 0 saturated heterocycles. The molecule has 3 aromatic rings. The molecule has 0 spiro atoms. The van der Waals surface area contributed by atoms with Gasteiger partial charge in [-0.15, -0.1) is 11.3 Å². The number of carbonyl (C=O) groups is 2. The quantitative estimate of drug-likeness (QED) is 0.619. The SMILES string of the molecule is Cc1ccc(C)c(NC(=O)[C@H](OC(=O)c2ccc(C)s2)c2ccccc2)c1. The minimum Gasteiger partial charge on any atom is -0.443 e. The van der Waals surface area contributed by atoms with Crippen molar-refractivity contribution in [2.45, 2.75) is 26.9 Å². The number of hydrogen-bond donors (Lipinski definition) is 1. The number of esters is 1. The van der Waals surface area contributed by atoms with E-state index in [-0.39, 0.29) is 5.91 Å².